The van der Waals surface area contributed by atoms with Crippen LogP contribution in [0.1, 0.15) is 56.1 Å². The first-order valence-corrected chi connectivity index (χ1v) is 8.22. The fourth-order valence-corrected chi connectivity index (χ4v) is 3.18. The third kappa shape index (κ3) is 4.68. The summed E-state index contributed by atoms with van der Waals surface area (Å²) in [6.45, 7) is 2.05. The molecule has 0 radical (unpaired) electrons. The van der Waals surface area contributed by atoms with Crippen molar-refractivity contribution in [2.24, 2.45) is 5.92 Å². The van der Waals surface area contributed by atoms with Crippen molar-refractivity contribution in [2.75, 3.05) is 0 Å². The Bertz CT molecular complexity index is 582. The third-order valence-electron chi connectivity index (χ3n) is 4.46. The van der Waals surface area contributed by atoms with Crippen LogP contribution in [-0.4, -0.2) is 0 Å². The highest BCUT2D eigenvalue weighted by molar-refractivity contribution is 5.31. The van der Waals surface area contributed by atoms with Gasteiger partial charge in [0.1, 0.15) is 17.2 Å². The van der Waals surface area contributed by atoms with E-state index in [2.05, 4.69) is 19.1 Å². The van der Waals surface area contributed by atoms with Gasteiger partial charge in [0.2, 0.25) is 0 Å². The van der Waals surface area contributed by atoms with Gasteiger partial charge < -0.3 is 0 Å². The molecule has 0 spiro atoms. The maximum atomic E-state index is 13.7. The lowest BCUT2D eigenvalue weighted by atomic mass is 9.78. The summed E-state index contributed by atoms with van der Waals surface area (Å²) in [5.41, 5.74) is -1.48. The van der Waals surface area contributed by atoms with Crippen LogP contribution in [0.5, 0.6) is 0 Å². The number of rotatable bonds is 4. The quantitative estimate of drug-likeness (QED) is 0.417. The maximum absolute atomic E-state index is 13.7. The van der Waals surface area contributed by atoms with Crippen LogP contribution in [0.3, 0.4) is 0 Å². The largest absolute Gasteiger partial charge is 0.422 e. The zero-order valence-electron chi connectivity index (χ0n) is 13.5. The lowest BCUT2D eigenvalue weighted by Crippen LogP contribution is -2.15. The topological polar surface area (TPSA) is 0 Å². The maximum Gasteiger partial charge on any atom is 0.422 e. The fraction of sp³-hybridized carbons (Fsp3) is 0.474. The van der Waals surface area contributed by atoms with Gasteiger partial charge in [0.15, 0.2) is 0 Å². The Labute approximate surface area is 139 Å². The van der Waals surface area contributed by atoms with Gasteiger partial charge in [0.05, 0.1) is 0 Å². The molecule has 0 nitrogen and oxygen atoms in total. The second-order valence-electron chi connectivity index (χ2n) is 6.19. The van der Waals surface area contributed by atoms with E-state index < -0.39 is 23.4 Å². The third-order valence-corrected chi connectivity index (χ3v) is 4.46. The molecule has 0 heterocycles. The fourth-order valence-electron chi connectivity index (χ4n) is 3.18. The van der Waals surface area contributed by atoms with Crippen molar-refractivity contribution < 1.29 is 22.0 Å². The van der Waals surface area contributed by atoms with E-state index in [1.165, 1.54) is 0 Å². The lowest BCUT2D eigenvalue weighted by molar-refractivity contribution is -0.142. The molecular formula is C19H21F5. The first kappa shape index (κ1) is 18.7. The second-order valence-corrected chi connectivity index (χ2v) is 6.19. The summed E-state index contributed by atoms with van der Waals surface area (Å²) in [5, 5.41) is 0. The minimum absolute atomic E-state index is 0.0906. The molecule has 1 aliphatic carbocycles. The Hall–Kier alpha value is -1.65. The molecule has 1 fully saturated rings. The van der Waals surface area contributed by atoms with Crippen LogP contribution in [0, 0.1) is 17.6 Å². The lowest BCUT2D eigenvalue weighted by Gasteiger charge is -2.27. The molecule has 0 unspecified atom stereocenters. The zero-order chi connectivity index (χ0) is 17.7. The molecule has 0 aliphatic heterocycles. The number of alkyl halides is 3. The van der Waals surface area contributed by atoms with Crippen molar-refractivity contribution in [1.82, 2.24) is 0 Å². The standard InChI is InChI=1S/C19H21F5/c1-2-3-4-5-6-13-7-9-14(10-8-13)15-11-16(20)18(17(21)12-15)19(22,23)24/h3-6,11-14H,2,7-10H2,1H3. The first-order chi connectivity index (χ1) is 11.3. The normalized spacial score (nSPS) is 22.6. The predicted molar refractivity (Wildman–Crippen MR) is 84.6 cm³/mol. The molecule has 0 amide bonds. The van der Waals surface area contributed by atoms with Gasteiger partial charge in [0, 0.05) is 0 Å². The summed E-state index contributed by atoms with van der Waals surface area (Å²) in [6.07, 6.45) is 7.30. The van der Waals surface area contributed by atoms with E-state index in [9.17, 15) is 22.0 Å². The van der Waals surface area contributed by atoms with Gasteiger partial charge in [-0.1, -0.05) is 31.2 Å². The van der Waals surface area contributed by atoms with Gasteiger partial charge in [-0.25, -0.2) is 8.78 Å². The van der Waals surface area contributed by atoms with Gasteiger partial charge >= 0.3 is 6.18 Å². The van der Waals surface area contributed by atoms with E-state index in [0.29, 0.717) is 11.5 Å². The summed E-state index contributed by atoms with van der Waals surface area (Å²) < 4.78 is 65.2. The molecule has 132 valence electrons. The number of hydrogen-bond donors (Lipinski definition) is 0. The first-order valence-electron chi connectivity index (χ1n) is 8.22. The van der Waals surface area contributed by atoms with E-state index >= 15 is 0 Å². The number of hydrogen-bond acceptors (Lipinski definition) is 0. The summed E-state index contributed by atoms with van der Waals surface area (Å²) in [6, 6.07) is 1.69. The van der Waals surface area contributed by atoms with Crippen molar-refractivity contribution in [1.29, 1.82) is 0 Å². The van der Waals surface area contributed by atoms with Crippen molar-refractivity contribution in [3.05, 3.63) is 59.2 Å². The molecule has 1 aromatic rings. The number of benzene rings is 1. The molecule has 0 N–H and O–H groups in total. The van der Waals surface area contributed by atoms with Crippen LogP contribution in [-0.2, 0) is 6.18 Å². The Morgan fingerprint density at radius 3 is 2.08 bits per heavy atom. The van der Waals surface area contributed by atoms with Crippen molar-refractivity contribution in [3.63, 3.8) is 0 Å². The average Bonchev–Trinajstić information content (AvgIpc) is 2.50. The molecule has 0 aromatic heterocycles. The molecule has 1 aliphatic rings. The summed E-state index contributed by atoms with van der Waals surface area (Å²) in [4.78, 5) is 0. The van der Waals surface area contributed by atoms with Crippen molar-refractivity contribution in [2.45, 2.75) is 51.1 Å². The average molecular weight is 344 g/mol. The van der Waals surface area contributed by atoms with Gasteiger partial charge in [-0.2, -0.15) is 13.2 Å². The SMILES string of the molecule is CCC=CC=CC1CCC(c2cc(F)c(C(F)(F)F)c(F)c2)CC1. The molecule has 2 rings (SSSR count). The Morgan fingerprint density at radius 2 is 1.58 bits per heavy atom. The van der Waals surface area contributed by atoms with E-state index in [1.54, 1.807) is 0 Å². The molecule has 5 heteroatoms. The zero-order valence-corrected chi connectivity index (χ0v) is 13.5. The molecular weight excluding hydrogens is 323 g/mol. The second kappa shape index (κ2) is 7.95. The van der Waals surface area contributed by atoms with E-state index in [-0.39, 0.29) is 5.92 Å². The highest BCUT2D eigenvalue weighted by atomic mass is 19.4. The summed E-state index contributed by atoms with van der Waals surface area (Å²) in [7, 11) is 0. The minimum Gasteiger partial charge on any atom is -0.206 e. The molecule has 24 heavy (non-hydrogen) atoms. The number of allylic oxidation sites excluding steroid dienone is 4. The van der Waals surface area contributed by atoms with Crippen molar-refractivity contribution >= 4 is 0 Å². The van der Waals surface area contributed by atoms with Gasteiger partial charge in [-0.3, -0.25) is 0 Å². The molecule has 1 saturated carbocycles. The van der Waals surface area contributed by atoms with E-state index in [4.69, 9.17) is 0 Å². The summed E-state index contributed by atoms with van der Waals surface area (Å²) >= 11 is 0. The van der Waals surface area contributed by atoms with Crippen LogP contribution >= 0.6 is 0 Å². The van der Waals surface area contributed by atoms with Crippen LogP contribution in [0.2, 0.25) is 0 Å². The minimum atomic E-state index is -5.01. The Kier molecular flexibility index (Phi) is 6.19. The summed E-state index contributed by atoms with van der Waals surface area (Å²) in [5.74, 6) is -2.73. The monoisotopic (exact) mass is 344 g/mol. The molecule has 0 saturated heterocycles. The van der Waals surface area contributed by atoms with Gasteiger partial charge in [0.25, 0.3) is 0 Å². The molecule has 0 atom stereocenters. The van der Waals surface area contributed by atoms with Gasteiger partial charge in [-0.05, 0) is 61.6 Å². The highest BCUT2D eigenvalue weighted by Gasteiger charge is 2.38. The van der Waals surface area contributed by atoms with Crippen molar-refractivity contribution in [3.8, 4) is 0 Å². The molecule has 0 bridgehead atoms. The Morgan fingerprint density at radius 1 is 1.00 bits per heavy atom. The van der Waals surface area contributed by atoms with Crippen LogP contribution in [0.25, 0.3) is 0 Å². The van der Waals surface area contributed by atoms with Gasteiger partial charge in [-0.15, -0.1) is 0 Å². The highest BCUT2D eigenvalue weighted by Crippen LogP contribution is 2.39. The predicted octanol–water partition coefficient (Wildman–Crippen LogP) is 6.78. The Balaban J connectivity index is 2.05. The number of halogens is 5. The molecule has 1 aromatic carbocycles. The van der Waals surface area contributed by atoms with Crippen LogP contribution < -0.4 is 0 Å². The smallest absolute Gasteiger partial charge is 0.206 e. The van der Waals surface area contributed by atoms with E-state index in [1.807, 2.05) is 12.2 Å². The van der Waals surface area contributed by atoms with Crippen LogP contribution in [0.15, 0.2) is 36.4 Å². The van der Waals surface area contributed by atoms with Crippen LogP contribution in [0.4, 0.5) is 22.0 Å². The van der Waals surface area contributed by atoms with E-state index in [0.717, 1.165) is 44.2 Å².